The zero-order valence-corrected chi connectivity index (χ0v) is 18.4. The number of amides is 1. The largest absolute Gasteiger partial charge is 0.495 e. The van der Waals surface area contributed by atoms with Gasteiger partial charge in [0, 0.05) is 10.7 Å². The van der Waals surface area contributed by atoms with Crippen molar-refractivity contribution in [1.82, 2.24) is 4.72 Å². The van der Waals surface area contributed by atoms with E-state index in [-0.39, 0.29) is 15.7 Å². The number of hydrogen-bond donors (Lipinski definition) is 2. The number of halogens is 1. The molecule has 3 aromatic carbocycles. The van der Waals surface area contributed by atoms with E-state index < -0.39 is 22.0 Å². The maximum absolute atomic E-state index is 12.7. The van der Waals surface area contributed by atoms with Crippen molar-refractivity contribution in [1.29, 1.82) is 0 Å². The highest BCUT2D eigenvalue weighted by Gasteiger charge is 2.25. The van der Waals surface area contributed by atoms with Gasteiger partial charge in [-0.15, -0.1) is 0 Å². The Hall–Kier alpha value is -3.07. The number of carbonyl (C=O) groups is 1. The Labute approximate surface area is 186 Å². The maximum Gasteiger partial charge on any atom is 0.245 e. The van der Waals surface area contributed by atoms with E-state index in [1.54, 1.807) is 24.3 Å². The second kappa shape index (κ2) is 9.82. The maximum atomic E-state index is 12.7. The van der Waals surface area contributed by atoms with Crippen LogP contribution in [0.25, 0.3) is 0 Å². The third kappa shape index (κ3) is 5.97. The van der Waals surface area contributed by atoms with Gasteiger partial charge in [0.2, 0.25) is 15.9 Å². The lowest BCUT2D eigenvalue weighted by atomic mass is 10.2. The summed E-state index contributed by atoms with van der Waals surface area (Å²) >= 11 is 5.91. The number of para-hydroxylation sites is 1. The minimum atomic E-state index is -4.04. The number of rotatable bonds is 8. The normalized spacial score (nSPS) is 12.1. The molecular weight excluding hydrogens is 440 g/mol. The first kappa shape index (κ1) is 22.6. The molecule has 0 saturated heterocycles. The molecule has 3 aromatic rings. The number of nitrogens with one attached hydrogen (secondary N) is 2. The predicted molar refractivity (Wildman–Crippen MR) is 119 cm³/mol. The topological polar surface area (TPSA) is 93.7 Å². The summed E-state index contributed by atoms with van der Waals surface area (Å²) in [4.78, 5) is 12.3. The number of anilines is 1. The highest BCUT2D eigenvalue weighted by atomic mass is 35.5. The molecule has 1 amide bonds. The summed E-state index contributed by atoms with van der Waals surface area (Å²) in [5.74, 6) is 0.893. The van der Waals surface area contributed by atoms with Crippen molar-refractivity contribution >= 4 is 33.2 Å². The molecule has 0 saturated carbocycles. The minimum Gasteiger partial charge on any atom is -0.495 e. The van der Waals surface area contributed by atoms with Crippen LogP contribution in [0.4, 0.5) is 5.69 Å². The first-order valence-corrected chi connectivity index (χ1v) is 11.1. The van der Waals surface area contributed by atoms with Gasteiger partial charge in [-0.25, -0.2) is 8.42 Å². The van der Waals surface area contributed by atoms with Crippen LogP contribution < -0.4 is 19.5 Å². The van der Waals surface area contributed by atoms with E-state index >= 15 is 0 Å². The summed E-state index contributed by atoms with van der Waals surface area (Å²) in [6.07, 6.45) is 0. The molecular formula is C22H21ClN2O5S. The molecule has 0 aliphatic rings. The third-order valence-corrected chi connectivity index (χ3v) is 6.04. The van der Waals surface area contributed by atoms with Gasteiger partial charge in [0.1, 0.15) is 22.1 Å². The van der Waals surface area contributed by atoms with Crippen molar-refractivity contribution < 1.29 is 22.7 Å². The van der Waals surface area contributed by atoms with Crippen LogP contribution in [0, 0.1) is 0 Å². The molecule has 0 aliphatic heterocycles. The van der Waals surface area contributed by atoms with Gasteiger partial charge in [-0.3, -0.25) is 4.79 Å². The lowest BCUT2D eigenvalue weighted by Gasteiger charge is -2.16. The molecule has 162 valence electrons. The third-order valence-electron chi connectivity index (χ3n) is 4.24. The lowest BCUT2D eigenvalue weighted by molar-refractivity contribution is -0.117. The summed E-state index contributed by atoms with van der Waals surface area (Å²) < 4.78 is 38.5. The van der Waals surface area contributed by atoms with Crippen LogP contribution >= 0.6 is 11.6 Å². The van der Waals surface area contributed by atoms with Crippen molar-refractivity contribution in [2.75, 3.05) is 12.4 Å². The van der Waals surface area contributed by atoms with Crippen LogP contribution in [0.15, 0.2) is 77.7 Å². The molecule has 2 N–H and O–H groups in total. The molecule has 1 atom stereocenters. The highest BCUT2D eigenvalue weighted by molar-refractivity contribution is 7.89. The molecule has 0 fully saturated rings. The summed E-state index contributed by atoms with van der Waals surface area (Å²) in [6.45, 7) is 1.44. The van der Waals surface area contributed by atoms with Gasteiger partial charge in [-0.1, -0.05) is 29.8 Å². The number of methoxy groups -OCH3 is 1. The molecule has 0 spiro atoms. The molecule has 0 bridgehead atoms. The Balaban J connectivity index is 1.64. The second-order valence-electron chi connectivity index (χ2n) is 6.57. The van der Waals surface area contributed by atoms with Crippen LogP contribution in [-0.4, -0.2) is 27.5 Å². The van der Waals surface area contributed by atoms with Gasteiger partial charge in [0.05, 0.1) is 13.2 Å². The first-order valence-electron chi connectivity index (χ1n) is 9.28. The van der Waals surface area contributed by atoms with Gasteiger partial charge in [-0.2, -0.15) is 4.72 Å². The average Bonchev–Trinajstić information content (AvgIpc) is 2.75. The molecule has 0 radical (unpaired) electrons. The smallest absolute Gasteiger partial charge is 0.245 e. The highest BCUT2D eigenvalue weighted by Crippen LogP contribution is 2.27. The van der Waals surface area contributed by atoms with Crippen molar-refractivity contribution in [3.05, 3.63) is 77.8 Å². The van der Waals surface area contributed by atoms with Crippen molar-refractivity contribution in [2.45, 2.75) is 17.9 Å². The predicted octanol–water partition coefficient (Wildman–Crippen LogP) is 4.45. The van der Waals surface area contributed by atoms with E-state index in [0.29, 0.717) is 17.2 Å². The Kier molecular flexibility index (Phi) is 7.17. The Morgan fingerprint density at radius 3 is 2.26 bits per heavy atom. The van der Waals surface area contributed by atoms with Gasteiger partial charge < -0.3 is 14.8 Å². The Morgan fingerprint density at radius 2 is 1.61 bits per heavy atom. The van der Waals surface area contributed by atoms with E-state index in [9.17, 15) is 13.2 Å². The van der Waals surface area contributed by atoms with Gasteiger partial charge in [0.25, 0.3) is 0 Å². The first-order chi connectivity index (χ1) is 14.8. The fraction of sp³-hybridized carbons (Fsp3) is 0.136. The molecule has 9 heteroatoms. The second-order valence-corrected chi connectivity index (χ2v) is 8.69. The van der Waals surface area contributed by atoms with Crippen molar-refractivity contribution in [3.8, 4) is 17.2 Å². The van der Waals surface area contributed by atoms with E-state index in [2.05, 4.69) is 10.0 Å². The molecule has 0 unspecified atom stereocenters. The Morgan fingerprint density at radius 1 is 0.968 bits per heavy atom. The summed E-state index contributed by atoms with van der Waals surface area (Å²) in [7, 11) is -2.69. The SMILES string of the molecule is COc1ccc(Cl)cc1S(=O)(=O)N[C@@H](C)C(=O)Nc1ccc(Oc2ccccc2)cc1. The fourth-order valence-electron chi connectivity index (χ4n) is 2.69. The summed E-state index contributed by atoms with van der Waals surface area (Å²) in [5.41, 5.74) is 0.497. The zero-order chi connectivity index (χ0) is 22.4. The van der Waals surface area contributed by atoms with E-state index in [4.69, 9.17) is 21.1 Å². The molecule has 3 rings (SSSR count). The minimum absolute atomic E-state index is 0.124. The average molecular weight is 461 g/mol. The number of carbonyl (C=O) groups excluding carboxylic acids is 1. The summed E-state index contributed by atoms with van der Waals surface area (Å²) in [5, 5.41) is 2.90. The van der Waals surface area contributed by atoms with Crippen molar-refractivity contribution in [2.24, 2.45) is 0 Å². The molecule has 0 aliphatic carbocycles. The quantitative estimate of drug-likeness (QED) is 0.518. The van der Waals surface area contributed by atoms with Gasteiger partial charge in [-0.05, 0) is 61.5 Å². The van der Waals surface area contributed by atoms with Crippen LogP contribution in [-0.2, 0) is 14.8 Å². The van der Waals surface area contributed by atoms with Crippen LogP contribution in [0.1, 0.15) is 6.92 Å². The van der Waals surface area contributed by atoms with Gasteiger partial charge >= 0.3 is 0 Å². The Bertz CT molecular complexity index is 1150. The number of hydrogen-bond acceptors (Lipinski definition) is 5. The molecule has 0 heterocycles. The lowest BCUT2D eigenvalue weighted by Crippen LogP contribution is -2.41. The van der Waals surface area contributed by atoms with Crippen LogP contribution in [0.2, 0.25) is 5.02 Å². The molecule has 7 nitrogen and oxygen atoms in total. The number of ether oxygens (including phenoxy) is 2. The standard InChI is InChI=1S/C22H21ClN2O5S/c1-15(25-31(27,28)21-14-16(23)8-13-20(21)29-2)22(26)24-17-9-11-19(12-10-17)30-18-6-4-3-5-7-18/h3-15,25H,1-2H3,(H,24,26)/t15-/m0/s1. The molecule has 31 heavy (non-hydrogen) atoms. The number of sulfonamides is 1. The van der Waals surface area contributed by atoms with E-state index in [1.807, 2.05) is 30.3 Å². The monoisotopic (exact) mass is 460 g/mol. The fourth-order valence-corrected chi connectivity index (χ4v) is 4.33. The summed E-state index contributed by atoms with van der Waals surface area (Å²) in [6, 6.07) is 19.2. The number of benzene rings is 3. The van der Waals surface area contributed by atoms with E-state index in [1.165, 1.54) is 32.2 Å². The zero-order valence-electron chi connectivity index (χ0n) is 16.8. The molecule has 0 aromatic heterocycles. The van der Waals surface area contributed by atoms with Crippen LogP contribution in [0.5, 0.6) is 17.2 Å². The van der Waals surface area contributed by atoms with Crippen LogP contribution in [0.3, 0.4) is 0 Å². The van der Waals surface area contributed by atoms with Crippen molar-refractivity contribution in [3.63, 3.8) is 0 Å². The van der Waals surface area contributed by atoms with E-state index in [0.717, 1.165) is 0 Å². The van der Waals surface area contributed by atoms with Gasteiger partial charge in [0.15, 0.2) is 0 Å².